The minimum atomic E-state index is -1.40. The van der Waals surface area contributed by atoms with Crippen molar-refractivity contribution in [1.29, 1.82) is 0 Å². The summed E-state index contributed by atoms with van der Waals surface area (Å²) < 4.78 is 12.3. The molecule has 0 aromatic heterocycles. The Balaban J connectivity index is 1.46. The Morgan fingerprint density at radius 3 is 1.66 bits per heavy atom. The lowest BCUT2D eigenvalue weighted by atomic mass is 9.67. The highest BCUT2D eigenvalue weighted by atomic mass is 16.7. The molecule has 2 heterocycles. The molecule has 0 atom stereocenters. The number of ether oxygens (including phenoxy) is 2. The van der Waals surface area contributed by atoms with E-state index in [-0.39, 0.29) is 0 Å². The Kier molecular flexibility index (Phi) is 4.82. The van der Waals surface area contributed by atoms with E-state index in [2.05, 4.69) is 0 Å². The number of carbonyl (C=O) groups is 2. The van der Waals surface area contributed by atoms with Crippen molar-refractivity contribution in [1.82, 2.24) is 0 Å². The summed E-state index contributed by atoms with van der Waals surface area (Å²) in [7, 11) is 0. The molecule has 0 spiro atoms. The van der Waals surface area contributed by atoms with Gasteiger partial charge >= 0.3 is 11.9 Å². The molecule has 0 bridgehead atoms. The molecule has 6 rings (SSSR count). The van der Waals surface area contributed by atoms with Gasteiger partial charge in [0.15, 0.2) is 0 Å². The second kappa shape index (κ2) is 7.81. The second-order valence-corrected chi connectivity index (χ2v) is 10.0. The average molecular weight is 463 g/mol. The summed E-state index contributed by atoms with van der Waals surface area (Å²) in [6.07, 6.45) is 5.41. The van der Waals surface area contributed by atoms with E-state index in [1.54, 1.807) is 0 Å². The minimum Gasteiger partial charge on any atom is -0.414 e. The van der Waals surface area contributed by atoms with Crippen LogP contribution in [0.1, 0.15) is 46.2 Å². The topological polar surface area (TPSA) is 52.6 Å². The van der Waals surface area contributed by atoms with Gasteiger partial charge in [-0.1, -0.05) is 83.9 Å². The van der Waals surface area contributed by atoms with Crippen LogP contribution in [0, 0.1) is 19.3 Å². The lowest BCUT2D eigenvalue weighted by Crippen LogP contribution is -2.56. The summed E-state index contributed by atoms with van der Waals surface area (Å²) in [5.74, 6) is -2.26. The third-order valence-electron chi connectivity index (χ3n) is 7.49. The fraction of sp³-hybridized carbons (Fsp3) is 0.226. The molecule has 4 heteroatoms. The summed E-state index contributed by atoms with van der Waals surface area (Å²) >= 11 is 0. The van der Waals surface area contributed by atoms with E-state index in [0.717, 1.165) is 33.4 Å². The van der Waals surface area contributed by atoms with Crippen molar-refractivity contribution in [2.45, 2.75) is 38.9 Å². The first kappa shape index (κ1) is 21.6. The molecular weight excluding hydrogens is 436 g/mol. The molecule has 174 valence electrons. The summed E-state index contributed by atoms with van der Waals surface area (Å²) in [5.41, 5.74) is 6.67. The van der Waals surface area contributed by atoms with Crippen molar-refractivity contribution in [2.24, 2.45) is 5.41 Å². The van der Waals surface area contributed by atoms with E-state index in [9.17, 15) is 9.59 Å². The molecule has 0 saturated carbocycles. The summed E-state index contributed by atoms with van der Waals surface area (Å²) in [4.78, 5) is 26.6. The van der Waals surface area contributed by atoms with Gasteiger partial charge in [0.2, 0.25) is 0 Å². The normalized spacial score (nSPS) is 27.1. The zero-order chi connectivity index (χ0) is 24.2. The number of aryl methyl sites for hydroxylation is 2. The van der Waals surface area contributed by atoms with Crippen LogP contribution in [0.25, 0.3) is 12.2 Å². The smallest absolute Gasteiger partial charge is 0.337 e. The highest BCUT2D eigenvalue weighted by molar-refractivity contribution is 5.98. The first-order valence-corrected chi connectivity index (χ1v) is 12.0. The van der Waals surface area contributed by atoms with E-state index in [0.29, 0.717) is 30.4 Å². The number of fused-ring (bicyclic) bond motifs is 1. The molecule has 2 aliphatic heterocycles. The first-order chi connectivity index (χ1) is 16.9. The predicted octanol–water partition coefficient (Wildman–Crippen LogP) is 6.06. The van der Waals surface area contributed by atoms with Gasteiger partial charge in [0.25, 0.3) is 5.79 Å². The highest BCUT2D eigenvalue weighted by Gasteiger charge is 2.69. The Labute approximate surface area is 204 Å². The van der Waals surface area contributed by atoms with E-state index in [4.69, 9.17) is 9.47 Å². The van der Waals surface area contributed by atoms with Gasteiger partial charge in [0.05, 0.1) is 5.41 Å². The molecule has 3 aromatic carbocycles. The predicted molar refractivity (Wildman–Crippen MR) is 134 cm³/mol. The number of rotatable bonds is 2. The van der Waals surface area contributed by atoms with E-state index in [1.165, 1.54) is 0 Å². The summed E-state index contributed by atoms with van der Waals surface area (Å²) in [6, 6.07) is 24.0. The molecule has 3 aromatic rings. The van der Waals surface area contributed by atoms with Crippen molar-refractivity contribution in [3.05, 3.63) is 117 Å². The van der Waals surface area contributed by atoms with Gasteiger partial charge < -0.3 is 9.47 Å². The van der Waals surface area contributed by atoms with Crippen molar-refractivity contribution < 1.29 is 19.1 Å². The molecular formula is C31H26O4. The largest absolute Gasteiger partial charge is 0.414 e. The quantitative estimate of drug-likeness (QED) is 0.343. The van der Waals surface area contributed by atoms with Crippen LogP contribution in [0.4, 0.5) is 0 Å². The van der Waals surface area contributed by atoms with Crippen LogP contribution < -0.4 is 0 Å². The van der Waals surface area contributed by atoms with Crippen LogP contribution in [-0.4, -0.2) is 11.9 Å². The summed E-state index contributed by atoms with van der Waals surface area (Å²) in [5, 5.41) is 0. The lowest BCUT2D eigenvalue weighted by molar-refractivity contribution is -0.289. The molecule has 0 unspecified atom stereocenters. The van der Waals surface area contributed by atoms with Crippen molar-refractivity contribution in [2.75, 3.05) is 0 Å². The SMILES string of the molecule is Cc1ccc(/C=C2\CC34C/C(=C\c5ccc(C)cc5)C(=O)OC3(OC2=O)c2ccccc2C4)cc1. The monoisotopic (exact) mass is 462 g/mol. The van der Waals surface area contributed by atoms with Gasteiger partial charge in [0, 0.05) is 16.7 Å². The third kappa shape index (κ3) is 3.44. The first-order valence-electron chi connectivity index (χ1n) is 12.0. The van der Waals surface area contributed by atoms with Gasteiger partial charge in [-0.25, -0.2) is 9.59 Å². The van der Waals surface area contributed by atoms with E-state index >= 15 is 0 Å². The molecule has 2 saturated heterocycles. The Bertz CT molecular complexity index is 1330. The Morgan fingerprint density at radius 2 is 1.14 bits per heavy atom. The third-order valence-corrected chi connectivity index (χ3v) is 7.49. The molecule has 3 aliphatic rings. The zero-order valence-corrected chi connectivity index (χ0v) is 19.8. The average Bonchev–Trinajstić information content (AvgIpc) is 3.11. The van der Waals surface area contributed by atoms with Gasteiger partial charge in [-0.3, -0.25) is 0 Å². The van der Waals surface area contributed by atoms with Crippen molar-refractivity contribution >= 4 is 24.1 Å². The fourth-order valence-electron chi connectivity index (χ4n) is 5.74. The Morgan fingerprint density at radius 1 is 0.657 bits per heavy atom. The lowest BCUT2D eigenvalue weighted by Gasteiger charge is -2.50. The number of carbonyl (C=O) groups excluding carboxylic acids is 2. The molecule has 0 N–H and O–H groups in total. The van der Waals surface area contributed by atoms with E-state index in [1.807, 2.05) is 98.8 Å². The molecule has 35 heavy (non-hydrogen) atoms. The molecule has 4 nitrogen and oxygen atoms in total. The van der Waals surface area contributed by atoms with Crippen LogP contribution in [0.3, 0.4) is 0 Å². The van der Waals surface area contributed by atoms with Crippen molar-refractivity contribution in [3.8, 4) is 0 Å². The second-order valence-electron chi connectivity index (χ2n) is 10.0. The van der Waals surface area contributed by atoms with Gasteiger partial charge in [-0.2, -0.15) is 0 Å². The fourth-order valence-corrected chi connectivity index (χ4v) is 5.74. The highest BCUT2D eigenvalue weighted by Crippen LogP contribution is 2.64. The van der Waals surface area contributed by atoms with Crippen LogP contribution in [0.5, 0.6) is 0 Å². The number of hydrogen-bond acceptors (Lipinski definition) is 4. The zero-order valence-electron chi connectivity index (χ0n) is 19.8. The molecule has 0 amide bonds. The standard InChI is InChI=1S/C31H26O4/c1-20-7-11-22(12-8-20)15-25-18-30-17-24-5-3-4-6-27(24)31(30,34-28(25)32)35-29(33)26(19-30)16-23-13-9-21(2)10-14-23/h3-16H,17-19H2,1-2H3/b25-15+,26-16+. The molecule has 0 radical (unpaired) electrons. The maximum Gasteiger partial charge on any atom is 0.337 e. The number of esters is 2. The maximum atomic E-state index is 13.3. The van der Waals surface area contributed by atoms with Crippen molar-refractivity contribution in [3.63, 3.8) is 0 Å². The minimum absolute atomic E-state index is 0.434. The molecule has 1 aliphatic carbocycles. The van der Waals surface area contributed by atoms with Gasteiger partial charge in [-0.15, -0.1) is 0 Å². The molecule has 2 fully saturated rings. The van der Waals surface area contributed by atoms with Crippen LogP contribution in [0.2, 0.25) is 0 Å². The van der Waals surface area contributed by atoms with Gasteiger partial charge in [0.1, 0.15) is 0 Å². The number of benzene rings is 3. The Hall–Kier alpha value is -3.92. The van der Waals surface area contributed by atoms with Crippen LogP contribution >= 0.6 is 0 Å². The maximum absolute atomic E-state index is 13.3. The van der Waals surface area contributed by atoms with Gasteiger partial charge in [-0.05, 0) is 62.0 Å². The number of hydrogen-bond donors (Lipinski definition) is 0. The van der Waals surface area contributed by atoms with Crippen LogP contribution in [-0.2, 0) is 31.3 Å². The van der Waals surface area contributed by atoms with E-state index < -0.39 is 23.1 Å². The van der Waals surface area contributed by atoms with Crippen LogP contribution in [0.15, 0.2) is 83.9 Å². The summed E-state index contributed by atoms with van der Waals surface area (Å²) in [6.45, 7) is 4.07.